The first-order chi connectivity index (χ1) is 6.38. The molecule has 0 aromatic rings. The maximum absolute atomic E-state index is 12.6. The monoisotopic (exact) mass is 270 g/mol. The molecule has 0 heterocycles. The molecule has 0 aliphatic heterocycles. The van der Waals surface area contributed by atoms with Crippen LogP contribution in [0.3, 0.4) is 0 Å². The third kappa shape index (κ3) is 5.53. The molecular formula is C7H13F2NaO5S. The fourth-order valence-electron chi connectivity index (χ4n) is 0.441. The van der Waals surface area contributed by atoms with E-state index in [1.165, 1.54) is 20.8 Å². The molecule has 5 nitrogen and oxygen atoms in total. The Balaban J connectivity index is -0.000000980. The third-order valence-corrected chi connectivity index (χ3v) is 2.23. The molecule has 0 saturated carbocycles. The van der Waals surface area contributed by atoms with E-state index < -0.39 is 33.4 Å². The van der Waals surface area contributed by atoms with E-state index in [9.17, 15) is 22.0 Å². The second-order valence-corrected chi connectivity index (χ2v) is 5.49. The number of alkyl halides is 2. The zero-order chi connectivity index (χ0) is 12.5. The molecule has 0 bridgehead atoms. The summed E-state index contributed by atoms with van der Waals surface area (Å²) in [6.45, 7) is 2.56. The fraction of sp³-hybridized carbons (Fsp3) is 0.857. The van der Waals surface area contributed by atoms with Gasteiger partial charge in [0.25, 0.3) is 0 Å². The van der Waals surface area contributed by atoms with Crippen molar-refractivity contribution < 1.29 is 62.3 Å². The molecule has 0 atom stereocenters. The van der Waals surface area contributed by atoms with Gasteiger partial charge in [-0.15, -0.1) is 0 Å². The van der Waals surface area contributed by atoms with Crippen LogP contribution in [0.25, 0.3) is 0 Å². The summed E-state index contributed by atoms with van der Waals surface area (Å²) >= 11 is 0. The van der Waals surface area contributed by atoms with Gasteiger partial charge in [-0.1, -0.05) is 0 Å². The minimum absolute atomic E-state index is 0. The van der Waals surface area contributed by atoms with Gasteiger partial charge in [0.15, 0.2) is 6.61 Å². The summed E-state index contributed by atoms with van der Waals surface area (Å²) < 4.78 is 57.5. The number of halogens is 2. The topological polar surface area (TPSA) is 80.7 Å². The summed E-state index contributed by atoms with van der Waals surface area (Å²) in [6, 6.07) is 0. The maximum atomic E-state index is 12.6. The summed E-state index contributed by atoms with van der Waals surface area (Å²) in [7, 11) is -5.55. The van der Waals surface area contributed by atoms with Crippen molar-refractivity contribution in [2.24, 2.45) is 5.41 Å². The molecule has 0 unspecified atom stereocenters. The Kier molecular flexibility index (Phi) is 6.65. The van der Waals surface area contributed by atoms with Crippen molar-refractivity contribution in [2.45, 2.75) is 26.0 Å². The molecule has 0 aliphatic carbocycles. The van der Waals surface area contributed by atoms with E-state index in [2.05, 4.69) is 4.74 Å². The molecule has 1 N–H and O–H groups in total. The summed E-state index contributed by atoms with van der Waals surface area (Å²) in [5, 5.41) is -4.48. The second-order valence-electron chi connectivity index (χ2n) is 3.94. The molecule has 0 rings (SSSR count). The zero-order valence-corrected chi connectivity index (χ0v) is 12.3. The van der Waals surface area contributed by atoms with Gasteiger partial charge < -0.3 is 6.16 Å². The van der Waals surface area contributed by atoms with E-state index in [1.807, 2.05) is 0 Å². The normalized spacial score (nSPS) is 12.9. The minimum atomic E-state index is -5.55. The van der Waals surface area contributed by atoms with Crippen LogP contribution in [-0.2, 0) is 19.6 Å². The molecule has 0 aliphatic rings. The van der Waals surface area contributed by atoms with E-state index in [1.54, 1.807) is 0 Å². The Morgan fingerprint density at radius 2 is 1.75 bits per heavy atom. The van der Waals surface area contributed by atoms with Crippen molar-refractivity contribution in [1.82, 2.24) is 0 Å². The fourth-order valence-corrected chi connectivity index (χ4v) is 0.648. The van der Waals surface area contributed by atoms with Crippen molar-refractivity contribution in [1.29, 1.82) is 0 Å². The van der Waals surface area contributed by atoms with E-state index in [0.717, 1.165) is 0 Å². The first-order valence-corrected chi connectivity index (χ1v) is 5.34. The third-order valence-electron chi connectivity index (χ3n) is 1.36. The maximum Gasteiger partial charge on any atom is 1.00 e. The van der Waals surface area contributed by atoms with Crippen LogP contribution < -0.4 is 29.6 Å². The molecule has 0 saturated heterocycles. The molecule has 0 aromatic heterocycles. The number of esters is 1. The molecule has 0 aromatic carbocycles. The van der Waals surface area contributed by atoms with Gasteiger partial charge in [0.2, 0.25) is 0 Å². The minimum Gasteiger partial charge on any atom is -1.00 e. The molecule has 9 heteroatoms. The Morgan fingerprint density at radius 3 is 2.00 bits per heavy atom. The SMILES string of the molecule is CC(C)(C)C(=O)OCC(F)(F)S(=O)(=O)O.[H-].[Na+]. The Labute approximate surface area is 116 Å². The van der Waals surface area contributed by atoms with Crippen LogP contribution in [0.5, 0.6) is 0 Å². The Bertz CT molecular complexity index is 352. The largest absolute Gasteiger partial charge is 1.00 e. The molecular weight excluding hydrogens is 257 g/mol. The number of carbonyl (C=O) groups is 1. The van der Waals surface area contributed by atoms with E-state index in [0.29, 0.717) is 0 Å². The van der Waals surface area contributed by atoms with E-state index in [4.69, 9.17) is 4.55 Å². The Hall–Kier alpha value is 0.240. The standard InChI is InChI=1S/C7H12F2O5S.Na.H/c1-6(2,3)5(10)14-4-7(8,9)15(11,12)13;;/h4H2,1-3H3,(H,11,12,13);;/q;+1;-1. The zero-order valence-electron chi connectivity index (χ0n) is 10.5. The molecule has 0 radical (unpaired) electrons. The van der Waals surface area contributed by atoms with Crippen LogP contribution in [0.4, 0.5) is 8.78 Å². The van der Waals surface area contributed by atoms with Crippen LogP contribution in [0, 0.1) is 5.41 Å². The average Bonchev–Trinajstić information content (AvgIpc) is 1.96. The molecule has 0 spiro atoms. The van der Waals surface area contributed by atoms with E-state index >= 15 is 0 Å². The van der Waals surface area contributed by atoms with Crippen molar-refractivity contribution in [3.8, 4) is 0 Å². The molecule has 0 fully saturated rings. The van der Waals surface area contributed by atoms with Gasteiger partial charge in [-0.05, 0) is 20.8 Å². The summed E-state index contributed by atoms with van der Waals surface area (Å²) in [5.41, 5.74) is -1.02. The second kappa shape index (κ2) is 5.72. The van der Waals surface area contributed by atoms with Gasteiger partial charge in [-0.3, -0.25) is 9.35 Å². The predicted octanol–water partition coefficient (Wildman–Crippen LogP) is -1.83. The van der Waals surface area contributed by atoms with Gasteiger partial charge in [0.05, 0.1) is 5.41 Å². The number of ether oxygens (including phenoxy) is 1. The summed E-state index contributed by atoms with van der Waals surface area (Å²) in [4.78, 5) is 11.0. The number of rotatable bonds is 3. The van der Waals surface area contributed by atoms with Crippen LogP contribution in [0.2, 0.25) is 0 Å². The summed E-state index contributed by atoms with van der Waals surface area (Å²) in [5.74, 6) is -0.981. The van der Waals surface area contributed by atoms with Gasteiger partial charge in [-0.25, -0.2) is 0 Å². The van der Waals surface area contributed by atoms with Crippen LogP contribution in [0.15, 0.2) is 0 Å². The van der Waals surface area contributed by atoms with E-state index in [-0.39, 0.29) is 31.0 Å². The quantitative estimate of drug-likeness (QED) is 0.371. The summed E-state index contributed by atoms with van der Waals surface area (Å²) in [6.07, 6.45) is 0. The first kappa shape index (κ1) is 18.6. The van der Waals surface area contributed by atoms with Gasteiger partial charge in [0, 0.05) is 0 Å². The van der Waals surface area contributed by atoms with Crippen LogP contribution >= 0.6 is 0 Å². The molecule has 92 valence electrons. The first-order valence-electron chi connectivity index (χ1n) is 3.90. The van der Waals surface area contributed by atoms with Crippen molar-refractivity contribution in [3.63, 3.8) is 0 Å². The van der Waals surface area contributed by atoms with Crippen molar-refractivity contribution >= 4 is 16.1 Å². The van der Waals surface area contributed by atoms with Gasteiger partial charge in [0.1, 0.15) is 0 Å². The number of hydrogen-bond acceptors (Lipinski definition) is 4. The van der Waals surface area contributed by atoms with Crippen molar-refractivity contribution in [2.75, 3.05) is 6.61 Å². The predicted molar refractivity (Wildman–Crippen MR) is 48.0 cm³/mol. The number of hydrogen-bond donors (Lipinski definition) is 1. The van der Waals surface area contributed by atoms with Gasteiger partial charge >= 0.3 is 50.9 Å². The molecule has 0 amide bonds. The van der Waals surface area contributed by atoms with Crippen molar-refractivity contribution in [3.05, 3.63) is 0 Å². The number of carbonyl (C=O) groups excluding carboxylic acids is 1. The van der Waals surface area contributed by atoms with Crippen LogP contribution in [0.1, 0.15) is 22.2 Å². The van der Waals surface area contributed by atoms with Crippen LogP contribution in [-0.4, -0.2) is 30.8 Å². The Morgan fingerprint density at radius 1 is 1.38 bits per heavy atom. The smallest absolute Gasteiger partial charge is 1.00 e. The molecule has 16 heavy (non-hydrogen) atoms. The van der Waals surface area contributed by atoms with Gasteiger partial charge in [-0.2, -0.15) is 17.2 Å². The average molecular weight is 270 g/mol.